The molecule has 2 fully saturated rings. The van der Waals surface area contributed by atoms with Crippen LogP contribution >= 0.6 is 0 Å². The number of piperidine rings is 2. The Labute approximate surface area is 156 Å². The molecule has 8 nitrogen and oxygen atoms in total. The van der Waals surface area contributed by atoms with Crippen molar-refractivity contribution in [2.75, 3.05) is 13.1 Å². The number of hydrogen-bond acceptors (Lipinski definition) is 4. The van der Waals surface area contributed by atoms with Crippen molar-refractivity contribution in [2.45, 2.75) is 37.5 Å². The maximum Gasteiger partial charge on any atom is 0.407 e. The highest BCUT2D eigenvalue weighted by molar-refractivity contribution is 6.02. The van der Waals surface area contributed by atoms with Crippen LogP contribution in [0.15, 0.2) is 18.2 Å². The molecule has 2 aliphatic rings. The Morgan fingerprint density at radius 2 is 2.11 bits per heavy atom. The third-order valence-corrected chi connectivity index (χ3v) is 5.64. The number of hydrogen-bond donors (Lipinski definition) is 2. The van der Waals surface area contributed by atoms with Gasteiger partial charge in [-0.2, -0.15) is 5.10 Å². The quantitative estimate of drug-likeness (QED) is 0.786. The van der Waals surface area contributed by atoms with E-state index in [1.807, 2.05) is 25.2 Å². The molecule has 8 heteroatoms. The molecule has 0 aliphatic carbocycles. The molecule has 1 aromatic heterocycles. The fourth-order valence-electron chi connectivity index (χ4n) is 4.19. The number of fused-ring (bicyclic) bond motifs is 1. The highest BCUT2D eigenvalue weighted by atomic mass is 16.4. The second kappa shape index (κ2) is 6.68. The molecule has 2 aromatic rings. The predicted molar refractivity (Wildman–Crippen MR) is 97.4 cm³/mol. The summed E-state index contributed by atoms with van der Waals surface area (Å²) in [5.41, 5.74) is 2.70. The van der Waals surface area contributed by atoms with Crippen molar-refractivity contribution >= 4 is 28.8 Å². The third-order valence-electron chi connectivity index (χ3n) is 5.64. The number of carbonyl (C=O) groups is 3. The number of imide groups is 1. The van der Waals surface area contributed by atoms with Crippen molar-refractivity contribution in [2.24, 2.45) is 7.05 Å². The number of benzene rings is 1. The summed E-state index contributed by atoms with van der Waals surface area (Å²) in [5, 5.41) is 17.1. The molecule has 1 unspecified atom stereocenters. The first-order valence-electron chi connectivity index (χ1n) is 9.22. The first kappa shape index (κ1) is 17.5. The molecule has 2 atom stereocenters. The Kier molecular flexibility index (Phi) is 4.33. The minimum absolute atomic E-state index is 0.160. The van der Waals surface area contributed by atoms with Crippen LogP contribution in [-0.4, -0.2) is 50.8 Å². The first-order valence-corrected chi connectivity index (χ1v) is 9.22. The van der Waals surface area contributed by atoms with Gasteiger partial charge in [0, 0.05) is 37.9 Å². The van der Waals surface area contributed by atoms with Crippen LogP contribution in [-0.2, 0) is 16.6 Å². The van der Waals surface area contributed by atoms with Crippen molar-refractivity contribution in [1.82, 2.24) is 20.0 Å². The molecule has 0 spiro atoms. The van der Waals surface area contributed by atoms with Crippen LogP contribution in [0.5, 0.6) is 0 Å². The number of carboxylic acid groups (broad SMARTS) is 1. The Balaban J connectivity index is 1.66. The SMILES string of the molecule is Cn1nc(C2CCC(=O)NC2=O)c2ccc([C@H]3CCCN(C(=O)O)C3)cc21. The van der Waals surface area contributed by atoms with E-state index < -0.39 is 12.0 Å². The molecule has 4 rings (SSSR count). The monoisotopic (exact) mass is 370 g/mol. The molecular formula is C19H22N4O4. The molecule has 142 valence electrons. The van der Waals surface area contributed by atoms with Crippen LogP contribution in [0.2, 0.25) is 0 Å². The molecule has 1 aromatic carbocycles. The molecule has 0 bridgehead atoms. The Morgan fingerprint density at radius 3 is 2.85 bits per heavy atom. The lowest BCUT2D eigenvalue weighted by molar-refractivity contribution is -0.134. The van der Waals surface area contributed by atoms with Gasteiger partial charge in [0.2, 0.25) is 11.8 Å². The number of aromatic nitrogens is 2. The standard InChI is InChI=1S/C19H22N4O4/c1-22-15-9-11(12-3-2-8-23(10-12)19(26)27)4-5-13(15)17(21-22)14-6-7-16(24)20-18(14)25/h4-5,9,12,14H,2-3,6-8,10H2,1H3,(H,26,27)(H,20,24,25)/t12-,14?/m0/s1. The van der Waals surface area contributed by atoms with Gasteiger partial charge in [0.05, 0.1) is 17.1 Å². The smallest absolute Gasteiger partial charge is 0.407 e. The van der Waals surface area contributed by atoms with E-state index in [-0.39, 0.29) is 17.7 Å². The fourth-order valence-corrected chi connectivity index (χ4v) is 4.19. The van der Waals surface area contributed by atoms with Crippen LogP contribution in [0.1, 0.15) is 48.8 Å². The summed E-state index contributed by atoms with van der Waals surface area (Å²) in [6.45, 7) is 1.08. The van der Waals surface area contributed by atoms with Gasteiger partial charge in [0.1, 0.15) is 0 Å². The number of rotatable bonds is 2. The van der Waals surface area contributed by atoms with E-state index in [9.17, 15) is 19.5 Å². The van der Waals surface area contributed by atoms with Gasteiger partial charge >= 0.3 is 6.09 Å². The van der Waals surface area contributed by atoms with Crippen molar-refractivity contribution < 1.29 is 19.5 Å². The third kappa shape index (κ3) is 3.15. The van der Waals surface area contributed by atoms with Gasteiger partial charge in [-0.25, -0.2) is 4.79 Å². The zero-order valence-electron chi connectivity index (χ0n) is 15.1. The lowest BCUT2D eigenvalue weighted by atomic mass is 9.89. The van der Waals surface area contributed by atoms with Gasteiger partial charge in [-0.05, 0) is 30.9 Å². The Morgan fingerprint density at radius 1 is 1.30 bits per heavy atom. The van der Waals surface area contributed by atoms with Gasteiger partial charge in [-0.3, -0.25) is 19.6 Å². The Bertz CT molecular complexity index is 935. The molecule has 0 saturated carbocycles. The number of likely N-dealkylation sites (tertiary alicyclic amines) is 1. The Hall–Kier alpha value is -2.90. The van der Waals surface area contributed by atoms with Gasteiger partial charge in [0.15, 0.2) is 0 Å². The number of aryl methyl sites for hydroxylation is 1. The zero-order valence-corrected chi connectivity index (χ0v) is 15.1. The van der Waals surface area contributed by atoms with Crippen molar-refractivity contribution in [1.29, 1.82) is 0 Å². The second-order valence-corrected chi connectivity index (χ2v) is 7.36. The van der Waals surface area contributed by atoms with Crippen molar-refractivity contribution in [3.05, 3.63) is 29.5 Å². The molecule has 3 heterocycles. The molecular weight excluding hydrogens is 348 g/mol. The van der Waals surface area contributed by atoms with Crippen LogP contribution < -0.4 is 5.32 Å². The summed E-state index contributed by atoms with van der Waals surface area (Å²) in [7, 11) is 1.84. The number of carbonyl (C=O) groups excluding carboxylic acids is 2. The topological polar surface area (TPSA) is 105 Å². The normalized spacial score (nSPS) is 23.5. The number of nitrogens with zero attached hydrogens (tertiary/aromatic N) is 3. The lowest BCUT2D eigenvalue weighted by Crippen LogP contribution is -2.39. The van der Waals surface area contributed by atoms with Gasteiger partial charge in [-0.1, -0.05) is 12.1 Å². The van der Waals surface area contributed by atoms with E-state index in [1.165, 1.54) is 4.90 Å². The maximum atomic E-state index is 12.2. The summed E-state index contributed by atoms with van der Waals surface area (Å²) >= 11 is 0. The average Bonchev–Trinajstić information content (AvgIpc) is 2.98. The van der Waals surface area contributed by atoms with Gasteiger partial charge in [-0.15, -0.1) is 0 Å². The average molecular weight is 370 g/mol. The number of amides is 3. The molecule has 0 radical (unpaired) electrons. The van der Waals surface area contributed by atoms with Crippen LogP contribution in [0.4, 0.5) is 4.79 Å². The lowest BCUT2D eigenvalue weighted by Gasteiger charge is -2.31. The van der Waals surface area contributed by atoms with E-state index in [0.29, 0.717) is 31.6 Å². The highest BCUT2D eigenvalue weighted by Crippen LogP contribution is 2.33. The summed E-state index contributed by atoms with van der Waals surface area (Å²) in [4.78, 5) is 36.4. The summed E-state index contributed by atoms with van der Waals surface area (Å²) in [6, 6.07) is 6.03. The minimum atomic E-state index is -0.874. The molecule has 2 aliphatic heterocycles. The van der Waals surface area contributed by atoms with E-state index in [2.05, 4.69) is 10.4 Å². The minimum Gasteiger partial charge on any atom is -0.465 e. The van der Waals surface area contributed by atoms with Crippen LogP contribution in [0.25, 0.3) is 10.9 Å². The maximum absolute atomic E-state index is 12.2. The molecule has 27 heavy (non-hydrogen) atoms. The molecule has 3 amide bonds. The van der Waals surface area contributed by atoms with Crippen molar-refractivity contribution in [3.8, 4) is 0 Å². The summed E-state index contributed by atoms with van der Waals surface area (Å²) < 4.78 is 1.76. The van der Waals surface area contributed by atoms with Crippen LogP contribution in [0.3, 0.4) is 0 Å². The number of nitrogens with one attached hydrogen (secondary N) is 1. The van der Waals surface area contributed by atoms with E-state index in [0.717, 1.165) is 29.3 Å². The van der Waals surface area contributed by atoms with Gasteiger partial charge in [0.25, 0.3) is 0 Å². The van der Waals surface area contributed by atoms with Crippen molar-refractivity contribution in [3.63, 3.8) is 0 Å². The zero-order chi connectivity index (χ0) is 19.1. The second-order valence-electron chi connectivity index (χ2n) is 7.36. The van der Waals surface area contributed by atoms with E-state index in [1.54, 1.807) is 4.68 Å². The van der Waals surface area contributed by atoms with E-state index in [4.69, 9.17) is 0 Å². The largest absolute Gasteiger partial charge is 0.465 e. The summed E-state index contributed by atoms with van der Waals surface area (Å²) in [6.07, 6.45) is 1.71. The first-order chi connectivity index (χ1) is 12.9. The summed E-state index contributed by atoms with van der Waals surface area (Å²) in [5.74, 6) is -0.790. The highest BCUT2D eigenvalue weighted by Gasteiger charge is 2.32. The van der Waals surface area contributed by atoms with Crippen LogP contribution in [0, 0.1) is 0 Å². The van der Waals surface area contributed by atoms with Gasteiger partial charge < -0.3 is 10.0 Å². The molecule has 2 saturated heterocycles. The molecule has 2 N–H and O–H groups in total. The van der Waals surface area contributed by atoms with E-state index >= 15 is 0 Å². The fraction of sp³-hybridized carbons (Fsp3) is 0.474. The predicted octanol–water partition coefficient (Wildman–Crippen LogP) is 1.95.